The molecule has 2 rings (SSSR count). The van der Waals surface area contributed by atoms with Crippen LogP contribution < -0.4 is 0 Å². The molecule has 4 heteroatoms. The minimum Gasteiger partial charge on any atom is -0.388 e. The fourth-order valence-electron chi connectivity index (χ4n) is 1.99. The van der Waals surface area contributed by atoms with Crippen molar-refractivity contribution in [3.63, 3.8) is 0 Å². The third-order valence-corrected chi connectivity index (χ3v) is 3.19. The van der Waals surface area contributed by atoms with Crippen LogP contribution in [0.4, 0.5) is 8.78 Å². The van der Waals surface area contributed by atoms with Crippen molar-refractivity contribution in [1.82, 2.24) is 0 Å². The van der Waals surface area contributed by atoms with Crippen LogP contribution in [0.3, 0.4) is 0 Å². The van der Waals surface area contributed by atoms with Crippen molar-refractivity contribution in [3.05, 3.63) is 69.7 Å². The van der Waals surface area contributed by atoms with Gasteiger partial charge in [-0.3, -0.25) is 0 Å². The summed E-state index contributed by atoms with van der Waals surface area (Å²) in [6.07, 6.45) is -0.919. The van der Waals surface area contributed by atoms with Crippen LogP contribution in [0.1, 0.15) is 22.8 Å². The van der Waals surface area contributed by atoms with E-state index in [1.807, 2.05) is 0 Å². The van der Waals surface area contributed by atoms with Crippen molar-refractivity contribution in [2.24, 2.45) is 0 Å². The largest absolute Gasteiger partial charge is 0.388 e. The average Bonchev–Trinajstić information content (AvgIpc) is 2.33. The highest BCUT2D eigenvalue weighted by molar-refractivity contribution is 6.30. The van der Waals surface area contributed by atoms with E-state index in [2.05, 4.69) is 0 Å². The van der Waals surface area contributed by atoms with Gasteiger partial charge >= 0.3 is 0 Å². The lowest BCUT2D eigenvalue weighted by molar-refractivity contribution is 0.176. The van der Waals surface area contributed by atoms with Gasteiger partial charge in [0, 0.05) is 6.42 Å². The summed E-state index contributed by atoms with van der Waals surface area (Å²) in [6, 6.07) is 8.91. The Bertz CT molecular complexity index is 578. The normalized spacial score (nSPS) is 12.5. The van der Waals surface area contributed by atoms with E-state index in [9.17, 15) is 13.9 Å². The minimum absolute atomic E-state index is 0.0140. The summed E-state index contributed by atoms with van der Waals surface area (Å²) < 4.78 is 27.0. The lowest BCUT2D eigenvalue weighted by atomic mass is 9.99. The van der Waals surface area contributed by atoms with E-state index in [4.69, 9.17) is 11.6 Å². The Labute approximate surface area is 115 Å². The number of benzene rings is 2. The fraction of sp³-hybridized carbons (Fsp3) is 0.200. The molecule has 0 aliphatic heterocycles. The smallest absolute Gasteiger partial charge is 0.145 e. The van der Waals surface area contributed by atoms with E-state index < -0.39 is 17.7 Å². The second kappa shape index (κ2) is 5.68. The van der Waals surface area contributed by atoms with Gasteiger partial charge in [-0.25, -0.2) is 8.78 Å². The molecule has 0 saturated carbocycles. The van der Waals surface area contributed by atoms with Gasteiger partial charge in [-0.15, -0.1) is 0 Å². The summed E-state index contributed by atoms with van der Waals surface area (Å²) >= 11 is 5.68. The van der Waals surface area contributed by atoms with Crippen LogP contribution in [0.2, 0.25) is 5.02 Å². The molecule has 0 aliphatic carbocycles. The molecule has 1 atom stereocenters. The summed E-state index contributed by atoms with van der Waals surface area (Å²) in [7, 11) is 0. The Morgan fingerprint density at radius 2 is 1.95 bits per heavy atom. The van der Waals surface area contributed by atoms with Crippen molar-refractivity contribution in [2.45, 2.75) is 19.4 Å². The standard InChI is InChI=1S/C15H13ClF2O/c1-9-5-11(7-12(17)6-9)14(19)8-10-3-2-4-13(16)15(10)18/h2-7,14,19H,8H2,1H3. The Morgan fingerprint density at radius 1 is 1.21 bits per heavy atom. The first-order valence-electron chi connectivity index (χ1n) is 5.85. The van der Waals surface area contributed by atoms with E-state index in [0.29, 0.717) is 16.7 Å². The molecule has 0 aromatic heterocycles. The van der Waals surface area contributed by atoms with E-state index in [-0.39, 0.29) is 11.4 Å². The molecular formula is C15H13ClF2O. The predicted molar refractivity (Wildman–Crippen MR) is 71.2 cm³/mol. The van der Waals surface area contributed by atoms with Gasteiger partial charge in [0.1, 0.15) is 11.6 Å². The van der Waals surface area contributed by atoms with Gasteiger partial charge in [0.15, 0.2) is 0 Å². The van der Waals surface area contributed by atoms with Gasteiger partial charge in [-0.1, -0.05) is 29.8 Å². The molecule has 0 aliphatic rings. The molecule has 0 amide bonds. The molecule has 100 valence electrons. The third kappa shape index (κ3) is 3.31. The zero-order valence-electron chi connectivity index (χ0n) is 10.3. The average molecular weight is 283 g/mol. The lowest BCUT2D eigenvalue weighted by Gasteiger charge is -2.13. The van der Waals surface area contributed by atoms with E-state index in [1.54, 1.807) is 25.1 Å². The number of hydrogen-bond acceptors (Lipinski definition) is 1. The van der Waals surface area contributed by atoms with Gasteiger partial charge in [0.05, 0.1) is 11.1 Å². The molecule has 1 nitrogen and oxygen atoms in total. The lowest BCUT2D eigenvalue weighted by Crippen LogP contribution is -2.04. The van der Waals surface area contributed by atoms with E-state index >= 15 is 0 Å². The molecular weight excluding hydrogens is 270 g/mol. The van der Waals surface area contributed by atoms with Crippen LogP contribution in [0, 0.1) is 18.6 Å². The first-order chi connectivity index (χ1) is 8.97. The molecule has 1 N–H and O–H groups in total. The van der Waals surface area contributed by atoms with Crippen molar-refractivity contribution in [2.75, 3.05) is 0 Å². The molecule has 0 saturated heterocycles. The number of aryl methyl sites for hydroxylation is 1. The third-order valence-electron chi connectivity index (χ3n) is 2.89. The zero-order valence-corrected chi connectivity index (χ0v) is 11.1. The molecule has 2 aromatic rings. The fourth-order valence-corrected chi connectivity index (χ4v) is 2.18. The van der Waals surface area contributed by atoms with Crippen molar-refractivity contribution >= 4 is 11.6 Å². The van der Waals surface area contributed by atoms with Crippen molar-refractivity contribution < 1.29 is 13.9 Å². The van der Waals surface area contributed by atoms with Gasteiger partial charge in [0.2, 0.25) is 0 Å². The number of rotatable bonds is 3. The number of hydrogen-bond donors (Lipinski definition) is 1. The quantitative estimate of drug-likeness (QED) is 0.894. The first-order valence-corrected chi connectivity index (χ1v) is 6.23. The molecule has 2 aromatic carbocycles. The van der Waals surface area contributed by atoms with Crippen molar-refractivity contribution in [3.8, 4) is 0 Å². The van der Waals surface area contributed by atoms with Crippen LogP contribution in [0.25, 0.3) is 0 Å². The second-order valence-electron chi connectivity index (χ2n) is 4.49. The SMILES string of the molecule is Cc1cc(F)cc(C(O)Cc2cccc(Cl)c2F)c1. The number of aliphatic hydroxyl groups is 1. The van der Waals surface area contributed by atoms with Crippen LogP contribution >= 0.6 is 11.6 Å². The summed E-state index contributed by atoms with van der Waals surface area (Å²) in [5.74, 6) is -0.961. The Balaban J connectivity index is 2.25. The van der Waals surface area contributed by atoms with E-state index in [1.165, 1.54) is 18.2 Å². The minimum atomic E-state index is -0.970. The highest BCUT2D eigenvalue weighted by Gasteiger charge is 2.14. The molecule has 0 spiro atoms. The van der Waals surface area contributed by atoms with Gasteiger partial charge in [-0.05, 0) is 41.8 Å². The van der Waals surface area contributed by atoms with Crippen LogP contribution in [0.15, 0.2) is 36.4 Å². The van der Waals surface area contributed by atoms with Gasteiger partial charge < -0.3 is 5.11 Å². The summed E-state index contributed by atoms with van der Waals surface area (Å²) in [5.41, 5.74) is 1.44. The van der Waals surface area contributed by atoms with Crippen LogP contribution in [-0.4, -0.2) is 5.11 Å². The molecule has 0 bridgehead atoms. The molecule has 1 unspecified atom stereocenters. The Morgan fingerprint density at radius 3 is 2.63 bits per heavy atom. The zero-order chi connectivity index (χ0) is 14.0. The monoisotopic (exact) mass is 282 g/mol. The topological polar surface area (TPSA) is 20.2 Å². The predicted octanol–water partition coefficient (Wildman–Crippen LogP) is 4.20. The second-order valence-corrected chi connectivity index (χ2v) is 4.90. The maximum atomic E-state index is 13.7. The van der Waals surface area contributed by atoms with Crippen molar-refractivity contribution in [1.29, 1.82) is 0 Å². The van der Waals surface area contributed by atoms with E-state index in [0.717, 1.165) is 0 Å². The highest BCUT2D eigenvalue weighted by atomic mass is 35.5. The molecule has 19 heavy (non-hydrogen) atoms. The van der Waals surface area contributed by atoms with Crippen LogP contribution in [-0.2, 0) is 6.42 Å². The number of aliphatic hydroxyl groups excluding tert-OH is 1. The summed E-state index contributed by atoms with van der Waals surface area (Å²) in [6.45, 7) is 1.74. The maximum absolute atomic E-state index is 13.7. The summed E-state index contributed by atoms with van der Waals surface area (Å²) in [5, 5.41) is 10.1. The molecule has 0 fully saturated rings. The Hall–Kier alpha value is -1.45. The Kier molecular flexibility index (Phi) is 4.17. The van der Waals surface area contributed by atoms with Crippen LogP contribution in [0.5, 0.6) is 0 Å². The molecule has 0 radical (unpaired) electrons. The highest BCUT2D eigenvalue weighted by Crippen LogP contribution is 2.24. The summed E-state index contributed by atoms with van der Waals surface area (Å²) in [4.78, 5) is 0. The maximum Gasteiger partial charge on any atom is 0.145 e. The molecule has 0 heterocycles. The van der Waals surface area contributed by atoms with Gasteiger partial charge in [-0.2, -0.15) is 0 Å². The first kappa shape index (κ1) is 14.0. The van der Waals surface area contributed by atoms with Gasteiger partial charge in [0.25, 0.3) is 0 Å². The number of halogens is 3.